The van der Waals surface area contributed by atoms with Gasteiger partial charge in [-0.3, -0.25) is 4.79 Å². The number of carbonyl (C=O) groups excluding carboxylic acids is 1. The predicted molar refractivity (Wildman–Crippen MR) is 101 cm³/mol. The molecule has 25 heavy (non-hydrogen) atoms. The van der Waals surface area contributed by atoms with Crippen molar-refractivity contribution in [2.45, 2.75) is 33.0 Å². The van der Waals surface area contributed by atoms with Crippen molar-refractivity contribution in [2.75, 3.05) is 10.6 Å². The van der Waals surface area contributed by atoms with E-state index in [9.17, 15) is 4.79 Å². The van der Waals surface area contributed by atoms with Gasteiger partial charge in [0.15, 0.2) is 0 Å². The fourth-order valence-electron chi connectivity index (χ4n) is 2.60. The molecular formula is C18H22ClN5O. The molecule has 3 rings (SSSR count). The highest BCUT2D eigenvalue weighted by Crippen LogP contribution is 2.21. The lowest BCUT2D eigenvalue weighted by atomic mass is 10.1. The minimum absolute atomic E-state index is 0.168. The highest BCUT2D eigenvalue weighted by Gasteiger charge is 2.32. The molecule has 1 heterocycles. The molecule has 1 aliphatic rings. The van der Waals surface area contributed by atoms with E-state index in [0.717, 1.165) is 11.3 Å². The molecule has 5 N–H and O–H groups in total. The first-order chi connectivity index (χ1) is 11.9. The fourth-order valence-corrected chi connectivity index (χ4v) is 2.78. The summed E-state index contributed by atoms with van der Waals surface area (Å²) in [6, 6.07) is 11.1. The average molecular weight is 360 g/mol. The number of halogens is 1. The van der Waals surface area contributed by atoms with Crippen LogP contribution in [0.3, 0.4) is 0 Å². The number of benzene rings is 2. The normalized spacial score (nSPS) is 19.7. The fraction of sp³-hybridized carbons (Fsp3) is 0.278. The van der Waals surface area contributed by atoms with Crippen molar-refractivity contribution in [3.63, 3.8) is 0 Å². The first kappa shape index (κ1) is 17.7. The molecule has 6 nitrogen and oxygen atoms in total. The van der Waals surface area contributed by atoms with Crippen molar-refractivity contribution >= 4 is 28.9 Å². The zero-order chi connectivity index (χ0) is 18.0. The lowest BCUT2D eigenvalue weighted by Crippen LogP contribution is -2.47. The summed E-state index contributed by atoms with van der Waals surface area (Å²) in [7, 11) is 0. The Kier molecular flexibility index (Phi) is 5.24. The van der Waals surface area contributed by atoms with Crippen LogP contribution in [-0.4, -0.2) is 18.1 Å². The summed E-state index contributed by atoms with van der Waals surface area (Å²) in [6.07, 6.45) is -0.303. The zero-order valence-electron chi connectivity index (χ0n) is 14.4. The number of anilines is 2. The highest BCUT2D eigenvalue weighted by molar-refractivity contribution is 6.31. The van der Waals surface area contributed by atoms with Gasteiger partial charge in [-0.15, -0.1) is 0 Å². The monoisotopic (exact) mass is 359 g/mol. The molecule has 1 amide bonds. The zero-order valence-corrected chi connectivity index (χ0v) is 15.2. The third kappa shape index (κ3) is 4.11. The quantitative estimate of drug-likeness (QED) is 0.580. The van der Waals surface area contributed by atoms with E-state index in [4.69, 9.17) is 11.6 Å². The summed E-state index contributed by atoms with van der Waals surface area (Å²) < 4.78 is 0. The van der Waals surface area contributed by atoms with Gasteiger partial charge in [-0.1, -0.05) is 23.7 Å². The molecular weight excluding hydrogens is 338 g/mol. The van der Waals surface area contributed by atoms with Crippen molar-refractivity contribution in [3.05, 3.63) is 58.1 Å². The summed E-state index contributed by atoms with van der Waals surface area (Å²) in [5.41, 5.74) is 13.8. The number of hydrogen-bond donors (Lipinski definition) is 5. The number of nitrogens with one attached hydrogen (secondary N) is 5. The Bertz CT molecular complexity index is 795. The van der Waals surface area contributed by atoms with Crippen LogP contribution < -0.4 is 27.0 Å². The van der Waals surface area contributed by atoms with Crippen LogP contribution in [0.2, 0.25) is 5.02 Å². The lowest BCUT2D eigenvalue weighted by Gasteiger charge is -2.20. The van der Waals surface area contributed by atoms with Crippen LogP contribution in [0.4, 0.5) is 11.4 Å². The first-order valence-electron chi connectivity index (χ1n) is 8.11. The van der Waals surface area contributed by atoms with E-state index < -0.39 is 6.04 Å². The van der Waals surface area contributed by atoms with Crippen LogP contribution >= 0.6 is 11.6 Å². The van der Waals surface area contributed by atoms with Crippen molar-refractivity contribution in [1.82, 2.24) is 16.4 Å². The highest BCUT2D eigenvalue weighted by atomic mass is 35.5. The Morgan fingerprint density at radius 1 is 0.960 bits per heavy atom. The lowest BCUT2D eigenvalue weighted by molar-refractivity contribution is -0.118. The minimum Gasteiger partial charge on any atom is -0.367 e. The SMILES string of the molecule is Cc1ccc(NC2NNNC2C(=O)Nc2ccc(C)c(Cl)c2)cc1C. The maximum Gasteiger partial charge on any atom is 0.246 e. The molecule has 2 aromatic carbocycles. The van der Waals surface area contributed by atoms with Gasteiger partial charge in [0.25, 0.3) is 0 Å². The molecule has 1 aliphatic heterocycles. The van der Waals surface area contributed by atoms with Crippen LogP contribution in [0, 0.1) is 20.8 Å². The Balaban J connectivity index is 1.68. The van der Waals surface area contributed by atoms with Gasteiger partial charge in [0.05, 0.1) is 0 Å². The van der Waals surface area contributed by atoms with Gasteiger partial charge in [-0.25, -0.2) is 10.9 Å². The van der Waals surface area contributed by atoms with Crippen LogP contribution in [0.5, 0.6) is 0 Å². The summed E-state index contributed by atoms with van der Waals surface area (Å²) in [5.74, 6) is -0.168. The molecule has 0 spiro atoms. The molecule has 1 saturated heterocycles. The molecule has 0 saturated carbocycles. The summed E-state index contributed by atoms with van der Waals surface area (Å²) in [6.45, 7) is 6.05. The number of amides is 1. The maximum absolute atomic E-state index is 12.6. The second kappa shape index (κ2) is 7.41. The van der Waals surface area contributed by atoms with Gasteiger partial charge < -0.3 is 10.6 Å². The summed E-state index contributed by atoms with van der Waals surface area (Å²) in [4.78, 5) is 12.6. The Morgan fingerprint density at radius 3 is 2.40 bits per heavy atom. The molecule has 7 heteroatoms. The van der Waals surface area contributed by atoms with E-state index in [0.29, 0.717) is 10.7 Å². The Morgan fingerprint density at radius 2 is 1.68 bits per heavy atom. The van der Waals surface area contributed by atoms with Crippen LogP contribution in [0.25, 0.3) is 0 Å². The van der Waals surface area contributed by atoms with E-state index in [1.54, 1.807) is 6.07 Å². The van der Waals surface area contributed by atoms with E-state index >= 15 is 0 Å². The molecule has 0 bridgehead atoms. The number of rotatable bonds is 4. The van der Waals surface area contributed by atoms with Gasteiger partial charge >= 0.3 is 0 Å². The first-order valence-corrected chi connectivity index (χ1v) is 8.49. The second-order valence-electron chi connectivity index (χ2n) is 6.27. The third-order valence-corrected chi connectivity index (χ3v) is 4.75. The number of hydrogen-bond acceptors (Lipinski definition) is 5. The molecule has 0 radical (unpaired) electrons. The molecule has 2 unspecified atom stereocenters. The number of carbonyl (C=O) groups is 1. The minimum atomic E-state index is -0.498. The van der Waals surface area contributed by atoms with Gasteiger partial charge in [-0.2, -0.15) is 5.53 Å². The smallest absolute Gasteiger partial charge is 0.246 e. The summed E-state index contributed by atoms with van der Waals surface area (Å²) in [5, 5.41) is 6.83. The van der Waals surface area contributed by atoms with Gasteiger partial charge in [0, 0.05) is 16.4 Å². The molecule has 0 aliphatic carbocycles. The number of aryl methyl sites for hydroxylation is 3. The largest absolute Gasteiger partial charge is 0.367 e. The van der Waals surface area contributed by atoms with E-state index in [1.807, 2.05) is 25.1 Å². The Labute approximate surface area is 152 Å². The van der Waals surface area contributed by atoms with E-state index in [1.165, 1.54) is 11.1 Å². The van der Waals surface area contributed by atoms with Gasteiger partial charge in [0.1, 0.15) is 12.2 Å². The molecule has 132 valence electrons. The molecule has 2 aromatic rings. The third-order valence-electron chi connectivity index (χ3n) is 4.34. The van der Waals surface area contributed by atoms with Crippen molar-refractivity contribution in [1.29, 1.82) is 0 Å². The van der Waals surface area contributed by atoms with Crippen LogP contribution in [-0.2, 0) is 4.79 Å². The molecule has 0 aromatic heterocycles. The van der Waals surface area contributed by atoms with Crippen LogP contribution in [0.15, 0.2) is 36.4 Å². The van der Waals surface area contributed by atoms with Crippen molar-refractivity contribution in [2.24, 2.45) is 0 Å². The predicted octanol–water partition coefficient (Wildman–Crippen LogP) is 2.62. The van der Waals surface area contributed by atoms with E-state index in [2.05, 4.69) is 53.0 Å². The molecule has 2 atom stereocenters. The van der Waals surface area contributed by atoms with E-state index in [-0.39, 0.29) is 12.1 Å². The Hall–Kier alpha value is -2.12. The number of hydrazine groups is 2. The van der Waals surface area contributed by atoms with Crippen LogP contribution in [0.1, 0.15) is 16.7 Å². The summed E-state index contributed by atoms with van der Waals surface area (Å²) >= 11 is 6.12. The van der Waals surface area contributed by atoms with Crippen molar-refractivity contribution in [3.8, 4) is 0 Å². The maximum atomic E-state index is 12.6. The molecule has 1 fully saturated rings. The van der Waals surface area contributed by atoms with Gasteiger partial charge in [-0.05, 0) is 61.7 Å². The van der Waals surface area contributed by atoms with Crippen molar-refractivity contribution < 1.29 is 4.79 Å². The topological polar surface area (TPSA) is 77.2 Å². The standard InChI is InChI=1S/C18H22ClN5O/c1-10-4-6-13(8-12(10)3)20-17-16(22-24-23-17)18(25)21-14-7-5-11(2)15(19)9-14/h4-9,16-17,20,22-24H,1-3H3,(H,21,25). The van der Waals surface area contributed by atoms with Gasteiger partial charge in [0.2, 0.25) is 5.91 Å². The average Bonchev–Trinajstić information content (AvgIpc) is 3.03. The second-order valence-corrected chi connectivity index (χ2v) is 6.67.